The van der Waals surface area contributed by atoms with E-state index in [0.717, 1.165) is 38.9 Å². The minimum Gasteiger partial charge on any atom is -0.381 e. The average Bonchev–Trinajstić information content (AvgIpc) is 2.30. The highest BCUT2D eigenvalue weighted by Gasteiger charge is 2.30. The summed E-state index contributed by atoms with van der Waals surface area (Å²) in [5, 5.41) is 3.06. The van der Waals surface area contributed by atoms with E-state index in [4.69, 9.17) is 10.5 Å². The Morgan fingerprint density at radius 1 is 1.50 bits per heavy atom. The third kappa shape index (κ3) is 5.12. The monoisotopic (exact) mass is 278 g/mol. The van der Waals surface area contributed by atoms with E-state index in [9.17, 15) is 4.79 Å². The normalized spacial score (nSPS) is 21.6. The van der Waals surface area contributed by atoms with Crippen LogP contribution in [0.1, 0.15) is 46.5 Å². The van der Waals surface area contributed by atoms with Gasteiger partial charge in [0.05, 0.1) is 5.54 Å². The zero-order valence-electron chi connectivity index (χ0n) is 11.7. The molecule has 0 saturated carbocycles. The minimum atomic E-state index is -0.742. The molecule has 0 aromatic carbocycles. The van der Waals surface area contributed by atoms with Gasteiger partial charge in [-0.1, -0.05) is 13.3 Å². The highest BCUT2D eigenvalue weighted by molar-refractivity contribution is 5.86. The van der Waals surface area contributed by atoms with Gasteiger partial charge in [0.25, 0.3) is 0 Å². The minimum absolute atomic E-state index is 0. The van der Waals surface area contributed by atoms with Crippen LogP contribution in [0.15, 0.2) is 0 Å². The van der Waals surface area contributed by atoms with E-state index in [1.807, 2.05) is 13.8 Å². The van der Waals surface area contributed by atoms with E-state index in [1.54, 1.807) is 0 Å². The summed E-state index contributed by atoms with van der Waals surface area (Å²) >= 11 is 0. The molecule has 1 heterocycles. The van der Waals surface area contributed by atoms with Gasteiger partial charge in [-0.15, -0.1) is 12.4 Å². The molecule has 1 fully saturated rings. The molecule has 0 radical (unpaired) electrons. The van der Waals surface area contributed by atoms with Gasteiger partial charge in [-0.3, -0.25) is 4.79 Å². The Morgan fingerprint density at radius 3 is 2.56 bits per heavy atom. The first-order valence-corrected chi connectivity index (χ1v) is 6.65. The summed E-state index contributed by atoms with van der Waals surface area (Å²) in [6.45, 7) is 7.53. The van der Waals surface area contributed by atoms with Crippen molar-refractivity contribution in [1.29, 1.82) is 0 Å². The molecule has 108 valence electrons. The van der Waals surface area contributed by atoms with Crippen molar-refractivity contribution >= 4 is 18.3 Å². The van der Waals surface area contributed by atoms with Gasteiger partial charge >= 0.3 is 0 Å². The number of amides is 1. The summed E-state index contributed by atoms with van der Waals surface area (Å²) in [5.41, 5.74) is 5.27. The summed E-state index contributed by atoms with van der Waals surface area (Å²) in [6.07, 6.45) is 3.69. The zero-order valence-corrected chi connectivity index (χ0v) is 12.5. The molecule has 0 bridgehead atoms. The molecule has 5 heteroatoms. The number of hydrogen-bond acceptors (Lipinski definition) is 3. The molecule has 0 aromatic rings. The van der Waals surface area contributed by atoms with Crippen molar-refractivity contribution in [2.45, 2.75) is 58.0 Å². The van der Waals surface area contributed by atoms with Gasteiger partial charge in [0.1, 0.15) is 0 Å². The topological polar surface area (TPSA) is 64.4 Å². The molecule has 3 N–H and O–H groups in total. The van der Waals surface area contributed by atoms with E-state index < -0.39 is 5.54 Å². The number of carbonyl (C=O) groups excluding carboxylic acids is 1. The van der Waals surface area contributed by atoms with Crippen LogP contribution in [0.5, 0.6) is 0 Å². The Morgan fingerprint density at radius 2 is 2.06 bits per heavy atom. The smallest absolute Gasteiger partial charge is 0.240 e. The van der Waals surface area contributed by atoms with Crippen LogP contribution < -0.4 is 11.1 Å². The van der Waals surface area contributed by atoms with Crippen molar-refractivity contribution in [1.82, 2.24) is 5.32 Å². The van der Waals surface area contributed by atoms with E-state index in [0.29, 0.717) is 5.92 Å². The van der Waals surface area contributed by atoms with Crippen LogP contribution in [-0.4, -0.2) is 30.7 Å². The van der Waals surface area contributed by atoms with Crippen molar-refractivity contribution < 1.29 is 9.53 Å². The van der Waals surface area contributed by atoms with Crippen molar-refractivity contribution in [3.8, 4) is 0 Å². The number of rotatable bonds is 5. The summed E-state index contributed by atoms with van der Waals surface area (Å²) in [4.78, 5) is 12.0. The average molecular weight is 279 g/mol. The van der Waals surface area contributed by atoms with Crippen LogP contribution in [0, 0.1) is 5.92 Å². The highest BCUT2D eigenvalue weighted by Crippen LogP contribution is 2.19. The predicted octanol–water partition coefficient (Wildman–Crippen LogP) is 1.86. The van der Waals surface area contributed by atoms with E-state index in [1.165, 1.54) is 0 Å². The second-order valence-electron chi connectivity index (χ2n) is 5.38. The van der Waals surface area contributed by atoms with Crippen LogP contribution in [0.25, 0.3) is 0 Å². The van der Waals surface area contributed by atoms with Gasteiger partial charge in [-0.2, -0.15) is 0 Å². The third-order valence-electron chi connectivity index (χ3n) is 3.62. The molecule has 0 aliphatic carbocycles. The quantitative estimate of drug-likeness (QED) is 0.807. The summed E-state index contributed by atoms with van der Waals surface area (Å²) in [7, 11) is 0. The second-order valence-corrected chi connectivity index (χ2v) is 5.38. The summed E-state index contributed by atoms with van der Waals surface area (Å²) < 4.78 is 5.32. The zero-order chi connectivity index (χ0) is 12.9. The molecular formula is C13H27ClN2O2. The second kappa shape index (κ2) is 7.97. The number of nitrogens with two attached hydrogens (primary N) is 1. The Hall–Kier alpha value is -0.320. The molecule has 1 rings (SSSR count). The Bertz CT molecular complexity index is 253. The van der Waals surface area contributed by atoms with Gasteiger partial charge < -0.3 is 15.8 Å². The van der Waals surface area contributed by atoms with Crippen LogP contribution in [0.3, 0.4) is 0 Å². The molecule has 1 aliphatic heterocycles. The summed E-state index contributed by atoms with van der Waals surface area (Å²) in [6, 6.07) is 0.186. The molecular weight excluding hydrogens is 252 g/mol. The fourth-order valence-electron chi connectivity index (χ4n) is 2.34. The van der Waals surface area contributed by atoms with Crippen LogP contribution >= 0.6 is 12.4 Å². The standard InChI is InChI=1S/C13H26N2O2.ClH/c1-4-7-13(3,14)12(16)15-10(2)11-5-8-17-9-6-11;/h10-11H,4-9,14H2,1-3H3,(H,15,16);1H. The fourth-order valence-corrected chi connectivity index (χ4v) is 2.34. The first-order chi connectivity index (χ1) is 7.97. The summed E-state index contributed by atoms with van der Waals surface area (Å²) in [5.74, 6) is 0.489. The maximum atomic E-state index is 12.0. The van der Waals surface area contributed by atoms with E-state index in [2.05, 4.69) is 12.2 Å². The van der Waals surface area contributed by atoms with Crippen LogP contribution in [-0.2, 0) is 9.53 Å². The maximum absolute atomic E-state index is 12.0. The largest absolute Gasteiger partial charge is 0.381 e. The number of hydrogen-bond donors (Lipinski definition) is 2. The third-order valence-corrected chi connectivity index (χ3v) is 3.62. The van der Waals surface area contributed by atoms with Gasteiger partial charge in [0, 0.05) is 19.3 Å². The predicted molar refractivity (Wildman–Crippen MR) is 75.9 cm³/mol. The van der Waals surface area contributed by atoms with Crippen LogP contribution in [0.2, 0.25) is 0 Å². The number of ether oxygens (including phenoxy) is 1. The number of nitrogens with one attached hydrogen (secondary N) is 1. The van der Waals surface area contributed by atoms with Crippen LogP contribution in [0.4, 0.5) is 0 Å². The lowest BCUT2D eigenvalue weighted by Crippen LogP contribution is -2.55. The Kier molecular flexibility index (Phi) is 7.83. The van der Waals surface area contributed by atoms with Crippen molar-refractivity contribution in [3.63, 3.8) is 0 Å². The van der Waals surface area contributed by atoms with Gasteiger partial charge in [-0.25, -0.2) is 0 Å². The molecule has 2 atom stereocenters. The molecule has 1 saturated heterocycles. The van der Waals surface area contributed by atoms with E-state index in [-0.39, 0.29) is 24.4 Å². The van der Waals surface area contributed by atoms with Crippen molar-refractivity contribution in [2.75, 3.05) is 13.2 Å². The number of halogens is 1. The highest BCUT2D eigenvalue weighted by atomic mass is 35.5. The number of carbonyl (C=O) groups is 1. The lowest BCUT2D eigenvalue weighted by molar-refractivity contribution is -0.127. The Balaban J connectivity index is 0.00000289. The van der Waals surface area contributed by atoms with Gasteiger partial charge in [0.2, 0.25) is 5.91 Å². The first-order valence-electron chi connectivity index (χ1n) is 6.65. The fraction of sp³-hybridized carbons (Fsp3) is 0.923. The van der Waals surface area contributed by atoms with Gasteiger partial charge in [0.15, 0.2) is 0 Å². The van der Waals surface area contributed by atoms with E-state index >= 15 is 0 Å². The molecule has 1 amide bonds. The Labute approximate surface area is 116 Å². The molecule has 0 spiro atoms. The molecule has 0 aromatic heterocycles. The van der Waals surface area contributed by atoms with Crippen molar-refractivity contribution in [3.05, 3.63) is 0 Å². The van der Waals surface area contributed by atoms with Crippen molar-refractivity contribution in [2.24, 2.45) is 11.7 Å². The van der Waals surface area contributed by atoms with Gasteiger partial charge in [-0.05, 0) is 39.0 Å². The first kappa shape index (κ1) is 17.7. The molecule has 2 unspecified atom stereocenters. The maximum Gasteiger partial charge on any atom is 0.240 e. The molecule has 4 nitrogen and oxygen atoms in total. The lowest BCUT2D eigenvalue weighted by Gasteiger charge is -2.31. The SMILES string of the molecule is CCCC(C)(N)C(=O)NC(C)C1CCOCC1.Cl. The molecule has 1 aliphatic rings. The lowest BCUT2D eigenvalue weighted by atomic mass is 9.91. The molecule has 18 heavy (non-hydrogen) atoms.